The highest BCUT2D eigenvalue weighted by Crippen LogP contribution is 2.37. The molecule has 2 aliphatic rings. The second-order valence-corrected chi connectivity index (χ2v) is 12.2. The van der Waals surface area contributed by atoms with Crippen molar-refractivity contribution < 1.29 is 23.9 Å². The quantitative estimate of drug-likeness (QED) is 0.284. The lowest BCUT2D eigenvalue weighted by Crippen LogP contribution is -2.64. The third kappa shape index (κ3) is 6.81. The summed E-state index contributed by atoms with van der Waals surface area (Å²) in [7, 11) is 0. The Labute approximate surface area is 268 Å². The number of esters is 1. The van der Waals surface area contributed by atoms with E-state index in [1.54, 1.807) is 60.6 Å². The second-order valence-electron chi connectivity index (χ2n) is 12.2. The number of likely N-dealkylation sites (tertiary alicyclic amines) is 1. The van der Waals surface area contributed by atoms with Gasteiger partial charge >= 0.3 is 12.1 Å². The van der Waals surface area contributed by atoms with Gasteiger partial charge < -0.3 is 30.3 Å². The van der Waals surface area contributed by atoms with Crippen LogP contribution in [-0.4, -0.2) is 52.6 Å². The van der Waals surface area contributed by atoms with Crippen LogP contribution in [0, 0.1) is 11.3 Å². The smallest absolute Gasteiger partial charge is 0.410 e. The van der Waals surface area contributed by atoms with E-state index in [0.717, 1.165) is 24.8 Å². The number of nitrogens with zero attached hydrogens (tertiary/aromatic N) is 3. The topological polar surface area (TPSA) is 146 Å². The van der Waals surface area contributed by atoms with E-state index in [0.29, 0.717) is 34.4 Å². The molecule has 11 nitrogen and oxygen atoms in total. The summed E-state index contributed by atoms with van der Waals surface area (Å²) in [4.78, 5) is 45.5. The fourth-order valence-corrected chi connectivity index (χ4v) is 5.84. The van der Waals surface area contributed by atoms with Crippen LogP contribution in [0.25, 0.3) is 11.1 Å². The van der Waals surface area contributed by atoms with Crippen molar-refractivity contribution in [2.24, 2.45) is 0 Å². The number of anilines is 1. The van der Waals surface area contributed by atoms with E-state index in [-0.39, 0.29) is 30.5 Å². The molecule has 0 spiro atoms. The van der Waals surface area contributed by atoms with Gasteiger partial charge in [-0.25, -0.2) is 14.6 Å². The highest BCUT2D eigenvalue weighted by Gasteiger charge is 2.48. The average Bonchev–Trinajstić information content (AvgIpc) is 3.55. The van der Waals surface area contributed by atoms with E-state index in [2.05, 4.69) is 20.9 Å². The monoisotopic (exact) mass is 622 g/mol. The minimum absolute atomic E-state index is 0.195. The van der Waals surface area contributed by atoms with Crippen LogP contribution in [0.15, 0.2) is 73.2 Å². The Hall–Kier alpha value is -5.37. The third-order valence-electron chi connectivity index (χ3n) is 7.89. The molecule has 0 unspecified atom stereocenters. The first-order valence-corrected chi connectivity index (χ1v) is 15.3. The van der Waals surface area contributed by atoms with Crippen LogP contribution in [-0.2, 0) is 15.1 Å². The van der Waals surface area contributed by atoms with Crippen molar-refractivity contribution in [1.29, 1.82) is 5.26 Å². The van der Waals surface area contributed by atoms with Crippen LogP contribution in [0.5, 0.6) is 0 Å². The van der Waals surface area contributed by atoms with Crippen molar-refractivity contribution in [2.45, 2.75) is 64.3 Å². The maximum Gasteiger partial charge on any atom is 0.410 e. The van der Waals surface area contributed by atoms with Crippen LogP contribution in [0.3, 0.4) is 0 Å². The summed E-state index contributed by atoms with van der Waals surface area (Å²) in [5.41, 5.74) is 1.67. The van der Waals surface area contributed by atoms with Gasteiger partial charge in [-0.2, -0.15) is 5.26 Å². The second kappa shape index (κ2) is 13.3. The zero-order chi connectivity index (χ0) is 32.9. The van der Waals surface area contributed by atoms with E-state index < -0.39 is 17.2 Å². The maximum absolute atomic E-state index is 13.4. The fraction of sp³-hybridized carbons (Fsp3) is 0.343. The van der Waals surface area contributed by atoms with Crippen LogP contribution >= 0.6 is 0 Å². The van der Waals surface area contributed by atoms with Crippen molar-refractivity contribution >= 4 is 23.8 Å². The van der Waals surface area contributed by atoms with E-state index >= 15 is 0 Å². The molecule has 238 valence electrons. The minimum Gasteiger partial charge on any atom is -0.462 e. The summed E-state index contributed by atoms with van der Waals surface area (Å²) in [6.45, 7) is 8.05. The highest BCUT2D eigenvalue weighted by atomic mass is 16.6. The molecule has 0 bridgehead atoms. The summed E-state index contributed by atoms with van der Waals surface area (Å²) >= 11 is 0. The fourth-order valence-electron chi connectivity index (χ4n) is 5.84. The van der Waals surface area contributed by atoms with Gasteiger partial charge in [-0.15, -0.1) is 0 Å². The van der Waals surface area contributed by atoms with E-state index in [1.807, 2.05) is 39.0 Å². The number of benzene rings is 2. The van der Waals surface area contributed by atoms with Gasteiger partial charge in [0.2, 0.25) is 0 Å². The maximum atomic E-state index is 13.4. The number of amides is 2. The van der Waals surface area contributed by atoms with Crippen molar-refractivity contribution in [3.8, 4) is 17.2 Å². The third-order valence-corrected chi connectivity index (χ3v) is 7.89. The molecule has 1 aromatic heterocycles. The van der Waals surface area contributed by atoms with Crippen LogP contribution in [0.4, 0.5) is 10.6 Å². The number of carbonyl (C=O) groups is 3. The van der Waals surface area contributed by atoms with Gasteiger partial charge in [0.25, 0.3) is 5.91 Å². The molecule has 46 heavy (non-hydrogen) atoms. The Morgan fingerprint density at radius 2 is 1.80 bits per heavy atom. The van der Waals surface area contributed by atoms with Crippen molar-refractivity contribution in [3.63, 3.8) is 0 Å². The first-order chi connectivity index (χ1) is 22.0. The molecule has 2 aliphatic heterocycles. The SMILES string of the molecule is CCOC(=O)c1cc(C2([C@@H]3CCCCN3C(=O)OC(C)(C)C)NC=CN2)ccc1-c1ccc(C(=O)Nc2cc(C#N)ccn2)cc1. The summed E-state index contributed by atoms with van der Waals surface area (Å²) < 4.78 is 11.3. The molecule has 1 fully saturated rings. The molecule has 2 amide bonds. The largest absolute Gasteiger partial charge is 0.462 e. The molecule has 2 aromatic carbocycles. The zero-order valence-electron chi connectivity index (χ0n) is 26.4. The molecule has 3 aromatic rings. The predicted molar refractivity (Wildman–Crippen MR) is 172 cm³/mol. The van der Waals surface area contributed by atoms with Gasteiger partial charge in [-0.3, -0.25) is 4.79 Å². The van der Waals surface area contributed by atoms with Crippen molar-refractivity contribution in [2.75, 3.05) is 18.5 Å². The lowest BCUT2D eigenvalue weighted by atomic mass is 9.83. The first-order valence-electron chi connectivity index (χ1n) is 15.3. The van der Waals surface area contributed by atoms with Crippen LogP contribution in [0.1, 0.15) is 78.8 Å². The van der Waals surface area contributed by atoms with Gasteiger partial charge in [0, 0.05) is 36.3 Å². The molecule has 1 saturated heterocycles. The summed E-state index contributed by atoms with van der Waals surface area (Å²) in [5, 5.41) is 18.7. The normalized spacial score (nSPS) is 16.8. The van der Waals surface area contributed by atoms with Gasteiger partial charge in [-0.1, -0.05) is 24.3 Å². The lowest BCUT2D eigenvalue weighted by Gasteiger charge is -2.47. The van der Waals surface area contributed by atoms with Gasteiger partial charge in [-0.05, 0) is 88.4 Å². The Kier molecular flexibility index (Phi) is 9.28. The Bertz CT molecular complexity index is 1680. The molecule has 3 heterocycles. The minimum atomic E-state index is -0.907. The average molecular weight is 623 g/mol. The number of nitriles is 1. The molecule has 3 N–H and O–H groups in total. The molecule has 1 atom stereocenters. The number of piperidine rings is 1. The van der Waals surface area contributed by atoms with Gasteiger partial charge in [0.1, 0.15) is 11.4 Å². The van der Waals surface area contributed by atoms with Gasteiger partial charge in [0.05, 0.1) is 29.8 Å². The van der Waals surface area contributed by atoms with Crippen molar-refractivity contribution in [1.82, 2.24) is 20.5 Å². The Morgan fingerprint density at radius 1 is 1.07 bits per heavy atom. The van der Waals surface area contributed by atoms with Crippen molar-refractivity contribution in [3.05, 3.63) is 95.4 Å². The summed E-state index contributed by atoms with van der Waals surface area (Å²) in [6.07, 6.45) is 7.19. The Balaban J connectivity index is 1.48. The first kappa shape index (κ1) is 32.0. The Morgan fingerprint density at radius 3 is 2.48 bits per heavy atom. The summed E-state index contributed by atoms with van der Waals surface area (Å²) in [5.74, 6) is -0.600. The standard InChI is InChI=1S/C35H38N6O5/c1-5-45-32(43)28-21-26(35(38-17-18-39-35)29-8-6-7-19-41(29)33(44)46-34(2,3)4)13-14-27(28)24-9-11-25(12-10-24)31(42)40-30-20-23(22-36)15-16-37-30/h9-18,20-21,29,38-39H,5-8,19H2,1-4H3,(H,37,40,42)/t29-/m0/s1. The van der Waals surface area contributed by atoms with Crippen LogP contribution < -0.4 is 16.0 Å². The number of rotatable bonds is 7. The zero-order valence-corrected chi connectivity index (χ0v) is 26.4. The molecule has 5 rings (SSSR count). The number of hydrogen-bond acceptors (Lipinski definition) is 9. The number of carbonyl (C=O) groups excluding carboxylic acids is 3. The van der Waals surface area contributed by atoms with E-state index in [1.165, 1.54) is 12.3 Å². The van der Waals surface area contributed by atoms with E-state index in [9.17, 15) is 14.4 Å². The number of pyridine rings is 1. The predicted octanol–water partition coefficient (Wildman–Crippen LogP) is 5.66. The molecule has 0 saturated carbocycles. The number of nitrogens with one attached hydrogen (secondary N) is 3. The molecular weight excluding hydrogens is 584 g/mol. The molecular formula is C35H38N6O5. The number of hydrogen-bond donors (Lipinski definition) is 3. The molecule has 11 heteroatoms. The van der Waals surface area contributed by atoms with Gasteiger partial charge in [0.15, 0.2) is 5.66 Å². The molecule has 0 radical (unpaired) electrons. The van der Waals surface area contributed by atoms with E-state index in [4.69, 9.17) is 14.7 Å². The summed E-state index contributed by atoms with van der Waals surface area (Å²) in [6, 6.07) is 17.2. The highest BCUT2D eigenvalue weighted by molar-refractivity contribution is 6.04. The van der Waals surface area contributed by atoms with Crippen LogP contribution in [0.2, 0.25) is 0 Å². The lowest BCUT2D eigenvalue weighted by molar-refractivity contribution is -0.00785. The number of ether oxygens (including phenoxy) is 2. The molecule has 0 aliphatic carbocycles. The number of aromatic nitrogens is 1.